The monoisotopic (exact) mass is 196 g/mol. The summed E-state index contributed by atoms with van der Waals surface area (Å²) in [5.74, 6) is 0.965. The van der Waals surface area contributed by atoms with E-state index >= 15 is 0 Å². The minimum absolute atomic E-state index is 0.965. The Bertz CT molecular complexity index is 202. The first-order chi connectivity index (χ1) is 6.63. The van der Waals surface area contributed by atoms with Crippen molar-refractivity contribution in [2.45, 2.75) is 41.0 Å². The number of hydrogen-bond donors (Lipinski definition) is 0. The van der Waals surface area contributed by atoms with E-state index in [1.165, 1.54) is 0 Å². The van der Waals surface area contributed by atoms with Gasteiger partial charge in [-0.15, -0.1) is 0 Å². The van der Waals surface area contributed by atoms with Crippen molar-refractivity contribution < 1.29 is 0 Å². The van der Waals surface area contributed by atoms with Gasteiger partial charge in [-0.3, -0.25) is 4.99 Å². The fourth-order valence-electron chi connectivity index (χ4n) is 0.830. The molecule has 0 atom stereocenters. The second-order valence-corrected chi connectivity index (χ2v) is 2.67. The van der Waals surface area contributed by atoms with Crippen LogP contribution in [0.3, 0.4) is 0 Å². The third-order valence-corrected chi connectivity index (χ3v) is 1.57. The smallest absolute Gasteiger partial charge is 0.104 e. The molecule has 0 radical (unpaired) electrons. The minimum atomic E-state index is 0.965. The normalized spacial score (nSPS) is 10.9. The lowest BCUT2D eigenvalue weighted by Gasteiger charge is -2.18. The van der Waals surface area contributed by atoms with E-state index in [1.54, 1.807) is 7.05 Å². The van der Waals surface area contributed by atoms with E-state index < -0.39 is 0 Å². The molecular weight excluding hydrogens is 172 g/mol. The maximum atomic E-state index is 4.09. The molecule has 0 N–H and O–H groups in total. The molecule has 0 aliphatic rings. The quantitative estimate of drug-likeness (QED) is 0.495. The van der Waals surface area contributed by atoms with Gasteiger partial charge in [0.05, 0.1) is 0 Å². The molecule has 0 saturated carbocycles. The van der Waals surface area contributed by atoms with E-state index in [2.05, 4.69) is 24.6 Å². The minimum Gasteiger partial charge on any atom is -0.311 e. The van der Waals surface area contributed by atoms with Gasteiger partial charge in [0.1, 0.15) is 5.84 Å². The van der Waals surface area contributed by atoms with Crippen LogP contribution in [0.25, 0.3) is 0 Å². The summed E-state index contributed by atoms with van der Waals surface area (Å²) in [6, 6.07) is 0. The molecule has 0 rings (SSSR count). The molecule has 0 amide bonds. The summed E-state index contributed by atoms with van der Waals surface area (Å²) in [4.78, 5) is 6.07. The predicted octanol–water partition coefficient (Wildman–Crippen LogP) is 3.82. The van der Waals surface area contributed by atoms with Crippen molar-refractivity contribution in [1.82, 2.24) is 4.90 Å². The molecule has 14 heavy (non-hydrogen) atoms. The fraction of sp³-hybridized carbons (Fsp3) is 0.583. The Hall–Kier alpha value is -1.05. The fourth-order valence-corrected chi connectivity index (χ4v) is 0.830. The number of hydrogen-bond acceptors (Lipinski definition) is 1. The van der Waals surface area contributed by atoms with E-state index in [4.69, 9.17) is 0 Å². The Morgan fingerprint density at radius 1 is 1.36 bits per heavy atom. The van der Waals surface area contributed by atoms with Crippen molar-refractivity contribution >= 4 is 5.84 Å². The lowest BCUT2D eigenvalue weighted by molar-refractivity contribution is 0.683. The lowest BCUT2D eigenvalue weighted by atomic mass is 10.4. The highest BCUT2D eigenvalue weighted by molar-refractivity contribution is 5.82. The average molecular weight is 196 g/mol. The first-order valence-electron chi connectivity index (χ1n) is 5.18. The average Bonchev–Trinajstić information content (AvgIpc) is 2.20. The number of nitrogens with zero attached hydrogens (tertiary/aromatic N) is 2. The van der Waals surface area contributed by atoms with E-state index in [1.807, 2.05) is 38.8 Å². The van der Waals surface area contributed by atoms with Crippen LogP contribution in [-0.4, -0.2) is 17.8 Å². The summed E-state index contributed by atoms with van der Waals surface area (Å²) < 4.78 is 0. The molecule has 0 aliphatic carbocycles. The Kier molecular flexibility index (Phi) is 11.1. The second-order valence-electron chi connectivity index (χ2n) is 2.67. The lowest BCUT2D eigenvalue weighted by Crippen LogP contribution is -2.20. The maximum absolute atomic E-state index is 4.09. The molecule has 0 heterocycles. The first-order valence-corrected chi connectivity index (χ1v) is 5.18. The van der Waals surface area contributed by atoms with Crippen LogP contribution in [0.15, 0.2) is 29.5 Å². The van der Waals surface area contributed by atoms with Gasteiger partial charge in [0.15, 0.2) is 0 Å². The zero-order valence-corrected chi connectivity index (χ0v) is 10.5. The Morgan fingerprint density at radius 3 is 2.14 bits per heavy atom. The van der Waals surface area contributed by atoms with Crippen molar-refractivity contribution in [2.75, 3.05) is 7.05 Å². The third kappa shape index (κ3) is 6.46. The van der Waals surface area contributed by atoms with Crippen LogP contribution in [0.4, 0.5) is 0 Å². The van der Waals surface area contributed by atoms with Gasteiger partial charge in [-0.25, -0.2) is 0 Å². The molecule has 0 aromatic carbocycles. The van der Waals surface area contributed by atoms with Crippen molar-refractivity contribution in [2.24, 2.45) is 4.99 Å². The molecule has 2 nitrogen and oxygen atoms in total. The standard InChI is InChI=1S/C10H18N2.C2H6/c1-6-7-8-12(9(2)3)10(4)11-5;1-2/h7-8H,2,6H2,1,3-5H3;1-2H3/b8-7-,11-10?;. The Labute approximate surface area is 89.0 Å². The first kappa shape index (κ1) is 15.4. The SMILES string of the molecule is C=C(C)N(/C=C\CC)C(C)=NC.CC. The van der Waals surface area contributed by atoms with Crippen LogP contribution in [0.1, 0.15) is 41.0 Å². The van der Waals surface area contributed by atoms with E-state index in [9.17, 15) is 0 Å². The largest absolute Gasteiger partial charge is 0.311 e. The molecule has 0 aromatic rings. The molecule has 0 spiro atoms. The molecule has 0 aromatic heterocycles. The highest BCUT2D eigenvalue weighted by Gasteiger charge is 2.00. The Morgan fingerprint density at radius 2 is 1.86 bits per heavy atom. The van der Waals surface area contributed by atoms with Gasteiger partial charge in [-0.1, -0.05) is 33.4 Å². The summed E-state index contributed by atoms with van der Waals surface area (Å²) in [5, 5.41) is 0. The van der Waals surface area contributed by atoms with Gasteiger partial charge in [-0.05, 0) is 20.3 Å². The zero-order chi connectivity index (χ0) is 11.6. The van der Waals surface area contributed by atoms with E-state index in [-0.39, 0.29) is 0 Å². The van der Waals surface area contributed by atoms with Gasteiger partial charge in [-0.2, -0.15) is 0 Å². The van der Waals surface area contributed by atoms with Crippen molar-refractivity contribution in [3.8, 4) is 0 Å². The molecule has 0 unspecified atom stereocenters. The maximum Gasteiger partial charge on any atom is 0.104 e. The van der Waals surface area contributed by atoms with Crippen molar-refractivity contribution in [3.05, 3.63) is 24.6 Å². The zero-order valence-electron chi connectivity index (χ0n) is 10.5. The topological polar surface area (TPSA) is 15.6 Å². The number of amidine groups is 1. The van der Waals surface area contributed by atoms with Crippen LogP contribution in [-0.2, 0) is 0 Å². The van der Waals surface area contributed by atoms with Crippen LogP contribution in [0.5, 0.6) is 0 Å². The molecular formula is C12H24N2. The molecule has 2 heteroatoms. The predicted molar refractivity (Wildman–Crippen MR) is 66.5 cm³/mol. The molecule has 0 saturated heterocycles. The second kappa shape index (κ2) is 10.0. The van der Waals surface area contributed by atoms with Crippen LogP contribution < -0.4 is 0 Å². The number of rotatable bonds is 3. The summed E-state index contributed by atoms with van der Waals surface area (Å²) in [6.45, 7) is 13.9. The van der Waals surface area contributed by atoms with Gasteiger partial charge in [0.2, 0.25) is 0 Å². The van der Waals surface area contributed by atoms with Crippen molar-refractivity contribution in [3.63, 3.8) is 0 Å². The number of aliphatic imine (C=N–C) groups is 1. The van der Waals surface area contributed by atoms with Crippen molar-refractivity contribution in [1.29, 1.82) is 0 Å². The van der Waals surface area contributed by atoms with Gasteiger partial charge >= 0.3 is 0 Å². The number of allylic oxidation sites excluding steroid dienone is 2. The van der Waals surface area contributed by atoms with E-state index in [0.29, 0.717) is 0 Å². The van der Waals surface area contributed by atoms with Gasteiger partial charge in [0, 0.05) is 18.9 Å². The van der Waals surface area contributed by atoms with Crippen LogP contribution in [0.2, 0.25) is 0 Å². The molecule has 0 fully saturated rings. The van der Waals surface area contributed by atoms with Crippen LogP contribution >= 0.6 is 0 Å². The van der Waals surface area contributed by atoms with Gasteiger partial charge in [0.25, 0.3) is 0 Å². The van der Waals surface area contributed by atoms with Gasteiger partial charge < -0.3 is 4.90 Å². The summed E-state index contributed by atoms with van der Waals surface area (Å²) in [5.41, 5.74) is 0.989. The summed E-state index contributed by atoms with van der Waals surface area (Å²) in [7, 11) is 1.78. The third-order valence-electron chi connectivity index (χ3n) is 1.57. The molecule has 82 valence electrons. The highest BCUT2D eigenvalue weighted by atomic mass is 15.2. The summed E-state index contributed by atoms with van der Waals surface area (Å²) in [6.07, 6.45) is 5.12. The molecule has 0 aliphatic heterocycles. The Balaban J connectivity index is 0. The highest BCUT2D eigenvalue weighted by Crippen LogP contribution is 2.03. The molecule has 0 bridgehead atoms. The van der Waals surface area contributed by atoms with Crippen LogP contribution in [0, 0.1) is 0 Å². The van der Waals surface area contributed by atoms with E-state index in [0.717, 1.165) is 18.0 Å². The summed E-state index contributed by atoms with van der Waals surface area (Å²) >= 11 is 0.